The van der Waals surface area contributed by atoms with E-state index < -0.39 is 12.0 Å². The molecule has 1 saturated heterocycles. The first kappa shape index (κ1) is 14.0. The van der Waals surface area contributed by atoms with E-state index in [0.29, 0.717) is 5.69 Å². The van der Waals surface area contributed by atoms with Gasteiger partial charge in [-0.2, -0.15) is 0 Å². The third-order valence-corrected chi connectivity index (χ3v) is 2.97. The second-order valence-corrected chi connectivity index (χ2v) is 4.48. The molecular weight excluding hydrogens is 262 g/mol. The number of aliphatic carboxylic acids is 1. The Morgan fingerprint density at radius 3 is 2.70 bits per heavy atom. The molecule has 0 bridgehead atoms. The van der Waals surface area contributed by atoms with Gasteiger partial charge < -0.3 is 15.7 Å². The number of anilines is 1. The molecule has 0 aliphatic carbocycles. The van der Waals surface area contributed by atoms with E-state index in [0.717, 1.165) is 0 Å². The second-order valence-electron chi connectivity index (χ2n) is 4.48. The standard InChI is InChI=1S/C13H15N3O4/c17-11-7-16(10(6-14-11)13(19)20)8-12(18)15-9-4-2-1-3-5-9/h1-5,10H,6-8H2,(H,14,17)(H,15,18)(H,19,20). The van der Waals surface area contributed by atoms with Gasteiger partial charge in [0.25, 0.3) is 0 Å². The van der Waals surface area contributed by atoms with Crippen LogP contribution in [0.1, 0.15) is 0 Å². The van der Waals surface area contributed by atoms with Crippen LogP contribution in [0.4, 0.5) is 5.69 Å². The number of hydrogen-bond donors (Lipinski definition) is 3. The summed E-state index contributed by atoms with van der Waals surface area (Å²) in [4.78, 5) is 35.6. The lowest BCUT2D eigenvalue weighted by atomic mass is 10.2. The van der Waals surface area contributed by atoms with Gasteiger partial charge in [-0.05, 0) is 12.1 Å². The van der Waals surface area contributed by atoms with Crippen molar-refractivity contribution in [2.45, 2.75) is 6.04 Å². The molecule has 0 spiro atoms. The maximum absolute atomic E-state index is 11.9. The van der Waals surface area contributed by atoms with Gasteiger partial charge in [0.2, 0.25) is 11.8 Å². The van der Waals surface area contributed by atoms with Crippen LogP contribution in [0, 0.1) is 0 Å². The maximum atomic E-state index is 11.9. The number of nitrogens with zero attached hydrogens (tertiary/aromatic N) is 1. The molecule has 1 atom stereocenters. The summed E-state index contributed by atoms with van der Waals surface area (Å²) >= 11 is 0. The summed E-state index contributed by atoms with van der Waals surface area (Å²) in [6, 6.07) is 7.97. The van der Waals surface area contributed by atoms with E-state index >= 15 is 0 Å². The first-order valence-corrected chi connectivity index (χ1v) is 6.14. The molecule has 1 heterocycles. The van der Waals surface area contributed by atoms with Crippen molar-refractivity contribution in [3.05, 3.63) is 30.3 Å². The highest BCUT2D eigenvalue weighted by Gasteiger charge is 2.32. The predicted octanol–water partition coefficient (Wildman–Crippen LogP) is -0.490. The molecule has 20 heavy (non-hydrogen) atoms. The minimum Gasteiger partial charge on any atom is -0.480 e. The topological polar surface area (TPSA) is 98.7 Å². The summed E-state index contributed by atoms with van der Waals surface area (Å²) < 4.78 is 0. The van der Waals surface area contributed by atoms with Crippen LogP contribution in [0.25, 0.3) is 0 Å². The van der Waals surface area contributed by atoms with Crippen LogP contribution in [-0.4, -0.2) is 53.5 Å². The van der Waals surface area contributed by atoms with E-state index in [1.54, 1.807) is 24.3 Å². The molecule has 1 aromatic carbocycles. The molecule has 3 N–H and O–H groups in total. The van der Waals surface area contributed by atoms with Crippen LogP contribution < -0.4 is 10.6 Å². The van der Waals surface area contributed by atoms with Crippen molar-refractivity contribution in [1.82, 2.24) is 10.2 Å². The third-order valence-electron chi connectivity index (χ3n) is 2.97. The van der Waals surface area contributed by atoms with E-state index in [2.05, 4.69) is 10.6 Å². The van der Waals surface area contributed by atoms with Crippen molar-refractivity contribution in [2.24, 2.45) is 0 Å². The Morgan fingerprint density at radius 1 is 1.35 bits per heavy atom. The second kappa shape index (κ2) is 6.16. The summed E-state index contributed by atoms with van der Waals surface area (Å²) in [5, 5.41) is 14.2. The smallest absolute Gasteiger partial charge is 0.322 e. The molecule has 1 aromatic rings. The Balaban J connectivity index is 1.97. The Morgan fingerprint density at radius 2 is 2.05 bits per heavy atom. The Bertz CT molecular complexity index is 518. The Labute approximate surface area is 115 Å². The monoisotopic (exact) mass is 277 g/mol. The van der Waals surface area contributed by atoms with Crippen molar-refractivity contribution in [1.29, 1.82) is 0 Å². The first-order valence-electron chi connectivity index (χ1n) is 6.14. The number of para-hydroxylation sites is 1. The van der Waals surface area contributed by atoms with Gasteiger partial charge in [-0.25, -0.2) is 0 Å². The quantitative estimate of drug-likeness (QED) is 0.690. The minimum absolute atomic E-state index is 0.00673. The molecule has 7 heteroatoms. The lowest BCUT2D eigenvalue weighted by molar-refractivity contribution is -0.146. The molecule has 2 rings (SSSR count). The number of carboxylic acid groups (broad SMARTS) is 1. The number of rotatable bonds is 4. The number of amides is 2. The molecule has 1 unspecified atom stereocenters. The zero-order valence-corrected chi connectivity index (χ0v) is 10.7. The average Bonchev–Trinajstić information content (AvgIpc) is 2.39. The van der Waals surface area contributed by atoms with Crippen LogP contribution in [0.15, 0.2) is 30.3 Å². The van der Waals surface area contributed by atoms with Crippen molar-refractivity contribution >= 4 is 23.5 Å². The molecule has 2 amide bonds. The van der Waals surface area contributed by atoms with Gasteiger partial charge in [0, 0.05) is 12.2 Å². The van der Waals surface area contributed by atoms with Gasteiger partial charge >= 0.3 is 5.97 Å². The number of piperazine rings is 1. The lowest BCUT2D eigenvalue weighted by Gasteiger charge is -2.31. The van der Waals surface area contributed by atoms with Gasteiger partial charge in [-0.15, -0.1) is 0 Å². The zero-order chi connectivity index (χ0) is 14.5. The van der Waals surface area contributed by atoms with Crippen LogP contribution in [0.5, 0.6) is 0 Å². The number of benzene rings is 1. The molecule has 1 aliphatic heterocycles. The van der Waals surface area contributed by atoms with Crippen molar-refractivity contribution in [3.8, 4) is 0 Å². The summed E-state index contributed by atoms with van der Waals surface area (Å²) in [5.41, 5.74) is 0.630. The van der Waals surface area contributed by atoms with Crippen LogP contribution >= 0.6 is 0 Å². The number of carboxylic acids is 1. The molecule has 1 fully saturated rings. The highest BCUT2D eigenvalue weighted by molar-refractivity contribution is 5.93. The van der Waals surface area contributed by atoms with Crippen molar-refractivity contribution in [2.75, 3.05) is 25.0 Å². The van der Waals surface area contributed by atoms with Crippen molar-refractivity contribution in [3.63, 3.8) is 0 Å². The number of carbonyl (C=O) groups excluding carboxylic acids is 2. The van der Waals surface area contributed by atoms with Crippen LogP contribution in [0.2, 0.25) is 0 Å². The van der Waals surface area contributed by atoms with Gasteiger partial charge in [0.15, 0.2) is 0 Å². The Hall–Kier alpha value is -2.41. The van der Waals surface area contributed by atoms with Crippen LogP contribution in [0.3, 0.4) is 0 Å². The number of carbonyl (C=O) groups is 3. The molecule has 106 valence electrons. The highest BCUT2D eigenvalue weighted by Crippen LogP contribution is 2.07. The number of hydrogen-bond acceptors (Lipinski definition) is 4. The Kier molecular flexibility index (Phi) is 4.31. The van der Waals surface area contributed by atoms with E-state index in [9.17, 15) is 14.4 Å². The minimum atomic E-state index is -1.06. The summed E-state index contributed by atoms with van der Waals surface area (Å²) in [5.74, 6) is -1.69. The van der Waals surface area contributed by atoms with Gasteiger partial charge in [0.05, 0.1) is 13.1 Å². The summed E-state index contributed by atoms with van der Waals surface area (Å²) in [7, 11) is 0. The summed E-state index contributed by atoms with van der Waals surface area (Å²) in [6.07, 6.45) is 0. The van der Waals surface area contributed by atoms with Gasteiger partial charge in [0.1, 0.15) is 6.04 Å². The number of nitrogens with one attached hydrogen (secondary N) is 2. The van der Waals surface area contributed by atoms with Gasteiger partial charge in [-0.1, -0.05) is 18.2 Å². The van der Waals surface area contributed by atoms with E-state index in [-0.39, 0.29) is 31.4 Å². The fourth-order valence-electron chi connectivity index (χ4n) is 2.01. The van der Waals surface area contributed by atoms with Gasteiger partial charge in [-0.3, -0.25) is 19.3 Å². The van der Waals surface area contributed by atoms with E-state index in [1.807, 2.05) is 6.07 Å². The normalized spacial score (nSPS) is 19.2. The first-order chi connectivity index (χ1) is 9.56. The van der Waals surface area contributed by atoms with E-state index in [1.165, 1.54) is 4.90 Å². The third kappa shape index (κ3) is 3.55. The summed E-state index contributed by atoms with van der Waals surface area (Å²) in [6.45, 7) is -0.231. The molecule has 0 saturated carbocycles. The lowest BCUT2D eigenvalue weighted by Crippen LogP contribution is -2.58. The molecular formula is C13H15N3O4. The molecule has 0 radical (unpaired) electrons. The van der Waals surface area contributed by atoms with Crippen molar-refractivity contribution < 1.29 is 19.5 Å². The van der Waals surface area contributed by atoms with Crippen LogP contribution in [-0.2, 0) is 14.4 Å². The SMILES string of the molecule is O=C1CN(CC(=O)Nc2ccccc2)C(C(=O)O)CN1. The predicted molar refractivity (Wildman–Crippen MR) is 71.1 cm³/mol. The zero-order valence-electron chi connectivity index (χ0n) is 10.7. The van der Waals surface area contributed by atoms with E-state index in [4.69, 9.17) is 5.11 Å². The average molecular weight is 277 g/mol. The molecule has 1 aliphatic rings. The fourth-order valence-corrected chi connectivity index (χ4v) is 2.01. The fraction of sp³-hybridized carbons (Fsp3) is 0.308. The maximum Gasteiger partial charge on any atom is 0.322 e. The molecule has 7 nitrogen and oxygen atoms in total. The highest BCUT2D eigenvalue weighted by atomic mass is 16.4. The molecule has 0 aromatic heterocycles. The largest absolute Gasteiger partial charge is 0.480 e.